The number of halogens is 1. The molecule has 1 aromatic carbocycles. The van der Waals surface area contributed by atoms with E-state index in [0.29, 0.717) is 10.4 Å². The Labute approximate surface area is 143 Å². The van der Waals surface area contributed by atoms with E-state index in [4.69, 9.17) is 11.6 Å². The summed E-state index contributed by atoms with van der Waals surface area (Å²) in [6.45, 7) is 2.20. The highest BCUT2D eigenvalue weighted by Gasteiger charge is 2.53. The van der Waals surface area contributed by atoms with Crippen molar-refractivity contribution < 1.29 is 4.79 Å². The summed E-state index contributed by atoms with van der Waals surface area (Å²) in [7, 11) is 0. The summed E-state index contributed by atoms with van der Waals surface area (Å²) in [6.07, 6.45) is 8.20. The van der Waals surface area contributed by atoms with Crippen LogP contribution >= 0.6 is 11.6 Å². The Kier molecular flexibility index (Phi) is 3.79. The summed E-state index contributed by atoms with van der Waals surface area (Å²) in [6, 6.07) is 7.41. The van der Waals surface area contributed by atoms with E-state index >= 15 is 0 Å². The molecule has 2 N–H and O–H groups in total. The van der Waals surface area contributed by atoms with E-state index in [1.807, 2.05) is 18.2 Å². The molecule has 0 saturated heterocycles. The van der Waals surface area contributed by atoms with Gasteiger partial charge in [-0.3, -0.25) is 0 Å². The summed E-state index contributed by atoms with van der Waals surface area (Å²) in [5, 5.41) is 6.76. The molecule has 0 unspecified atom stereocenters. The molecule has 3 nitrogen and oxygen atoms in total. The number of carbonyl (C=O) groups excluding carboxylic acids is 1. The van der Waals surface area contributed by atoms with Gasteiger partial charge in [0.25, 0.3) is 0 Å². The predicted molar refractivity (Wildman–Crippen MR) is 93.7 cm³/mol. The molecule has 0 spiro atoms. The fraction of sp³-hybridized carbons (Fsp3) is 0.632. The first-order valence-corrected chi connectivity index (χ1v) is 9.23. The lowest BCUT2D eigenvalue weighted by Gasteiger charge is -2.59. The van der Waals surface area contributed by atoms with Crippen molar-refractivity contribution in [3.8, 4) is 0 Å². The monoisotopic (exact) mass is 332 g/mol. The average Bonchev–Trinajstić information content (AvgIpc) is 2.45. The first kappa shape index (κ1) is 15.3. The number of nitrogens with one attached hydrogen (secondary N) is 2. The number of urea groups is 1. The molecule has 1 aromatic rings. The SMILES string of the molecule is C[C@H](NC(=O)Nc1cccc(Cl)c1)C12CC3CC(CC(C3)C1)C2. The van der Waals surface area contributed by atoms with Gasteiger partial charge in [0.1, 0.15) is 0 Å². The second-order valence-electron chi connectivity index (χ2n) is 8.11. The van der Waals surface area contributed by atoms with Crippen molar-refractivity contribution in [2.75, 3.05) is 5.32 Å². The van der Waals surface area contributed by atoms with Crippen molar-refractivity contribution in [3.63, 3.8) is 0 Å². The topological polar surface area (TPSA) is 41.1 Å². The van der Waals surface area contributed by atoms with Crippen molar-refractivity contribution in [1.29, 1.82) is 0 Å². The number of hydrogen-bond acceptors (Lipinski definition) is 1. The first-order chi connectivity index (χ1) is 11.0. The maximum atomic E-state index is 12.4. The minimum absolute atomic E-state index is 0.115. The lowest BCUT2D eigenvalue weighted by Crippen LogP contribution is -2.56. The predicted octanol–water partition coefficient (Wildman–Crippen LogP) is 5.07. The Morgan fingerprint density at radius 2 is 1.78 bits per heavy atom. The van der Waals surface area contributed by atoms with Crippen LogP contribution in [0.25, 0.3) is 0 Å². The smallest absolute Gasteiger partial charge is 0.319 e. The molecule has 0 aromatic heterocycles. The Morgan fingerprint density at radius 3 is 2.35 bits per heavy atom. The summed E-state index contributed by atoms with van der Waals surface area (Å²) < 4.78 is 0. The van der Waals surface area contributed by atoms with Gasteiger partial charge in [0, 0.05) is 16.8 Å². The molecule has 0 aliphatic heterocycles. The number of hydrogen-bond donors (Lipinski definition) is 2. The number of rotatable bonds is 3. The van der Waals surface area contributed by atoms with Crippen molar-refractivity contribution in [2.24, 2.45) is 23.2 Å². The van der Waals surface area contributed by atoms with E-state index in [1.165, 1.54) is 38.5 Å². The molecule has 0 heterocycles. The van der Waals surface area contributed by atoms with E-state index in [-0.39, 0.29) is 12.1 Å². The van der Waals surface area contributed by atoms with Crippen LogP contribution < -0.4 is 10.6 Å². The van der Waals surface area contributed by atoms with Crippen LogP contribution in [-0.2, 0) is 0 Å². The molecule has 5 rings (SSSR count). The zero-order valence-electron chi connectivity index (χ0n) is 13.6. The Morgan fingerprint density at radius 1 is 1.17 bits per heavy atom. The van der Waals surface area contributed by atoms with Gasteiger partial charge in [-0.1, -0.05) is 17.7 Å². The standard InChI is InChI=1S/C19H25ClN2O/c1-12(21-18(23)22-17-4-2-3-16(20)8-17)19-9-13-5-14(10-19)7-15(6-13)11-19/h2-4,8,12-15H,5-7,9-11H2,1H3,(H2,21,22,23)/t12-,13?,14?,15?,19?/m0/s1. The molecular formula is C19H25ClN2O. The van der Waals surface area contributed by atoms with Gasteiger partial charge in [0.15, 0.2) is 0 Å². The quantitative estimate of drug-likeness (QED) is 0.797. The molecule has 4 saturated carbocycles. The molecule has 23 heavy (non-hydrogen) atoms. The normalized spacial score (nSPS) is 35.8. The number of benzene rings is 1. The van der Waals surface area contributed by atoms with Crippen LogP contribution in [0.5, 0.6) is 0 Å². The van der Waals surface area contributed by atoms with Crippen LogP contribution in [0.1, 0.15) is 45.4 Å². The third kappa shape index (κ3) is 2.96. The van der Waals surface area contributed by atoms with E-state index in [9.17, 15) is 4.79 Å². The highest BCUT2D eigenvalue weighted by atomic mass is 35.5. The van der Waals surface area contributed by atoms with Crippen molar-refractivity contribution in [3.05, 3.63) is 29.3 Å². The molecule has 1 atom stereocenters. The van der Waals surface area contributed by atoms with Gasteiger partial charge in [0.05, 0.1) is 0 Å². The maximum absolute atomic E-state index is 12.4. The van der Waals surface area contributed by atoms with Gasteiger partial charge < -0.3 is 10.6 Å². The van der Waals surface area contributed by atoms with Gasteiger partial charge >= 0.3 is 6.03 Å². The van der Waals surface area contributed by atoms with Gasteiger partial charge in [-0.05, 0) is 86.8 Å². The molecule has 4 aliphatic carbocycles. The van der Waals surface area contributed by atoms with E-state index < -0.39 is 0 Å². The zero-order valence-corrected chi connectivity index (χ0v) is 14.4. The van der Waals surface area contributed by atoms with Crippen molar-refractivity contribution in [2.45, 2.75) is 51.5 Å². The van der Waals surface area contributed by atoms with Gasteiger partial charge in [0.2, 0.25) is 0 Å². The fourth-order valence-electron chi connectivity index (χ4n) is 5.79. The number of carbonyl (C=O) groups is 1. The van der Waals surface area contributed by atoms with Gasteiger partial charge in [-0.2, -0.15) is 0 Å². The highest BCUT2D eigenvalue weighted by molar-refractivity contribution is 6.30. The Hall–Kier alpha value is -1.22. The summed E-state index contributed by atoms with van der Waals surface area (Å²) in [5.41, 5.74) is 1.08. The summed E-state index contributed by atoms with van der Waals surface area (Å²) in [5.74, 6) is 2.71. The molecule has 4 bridgehead atoms. The first-order valence-electron chi connectivity index (χ1n) is 8.85. The second-order valence-corrected chi connectivity index (χ2v) is 8.55. The Balaban J connectivity index is 1.41. The van der Waals surface area contributed by atoms with Crippen molar-refractivity contribution in [1.82, 2.24) is 5.32 Å². The molecule has 2 amide bonds. The van der Waals surface area contributed by atoms with Crippen molar-refractivity contribution >= 4 is 23.3 Å². The zero-order chi connectivity index (χ0) is 16.0. The molecule has 124 valence electrons. The van der Waals surface area contributed by atoms with Crippen LogP contribution in [0, 0.1) is 23.2 Å². The molecule has 0 radical (unpaired) electrons. The molecular weight excluding hydrogens is 308 g/mol. The van der Waals surface area contributed by atoms with E-state index in [1.54, 1.807) is 6.07 Å². The lowest BCUT2D eigenvalue weighted by molar-refractivity contribution is -0.0679. The highest BCUT2D eigenvalue weighted by Crippen LogP contribution is 2.61. The van der Waals surface area contributed by atoms with Crippen LogP contribution in [-0.4, -0.2) is 12.1 Å². The average molecular weight is 333 g/mol. The minimum atomic E-state index is -0.115. The third-order valence-electron chi connectivity index (χ3n) is 6.43. The minimum Gasteiger partial charge on any atom is -0.335 e. The molecule has 4 heteroatoms. The third-order valence-corrected chi connectivity index (χ3v) is 6.67. The van der Waals surface area contributed by atoms with E-state index in [0.717, 1.165) is 23.4 Å². The van der Waals surface area contributed by atoms with Gasteiger partial charge in [-0.15, -0.1) is 0 Å². The van der Waals surface area contributed by atoms with Crippen LogP contribution in [0.2, 0.25) is 5.02 Å². The number of amides is 2. The lowest BCUT2D eigenvalue weighted by atomic mass is 9.48. The summed E-state index contributed by atoms with van der Waals surface area (Å²) >= 11 is 5.97. The molecule has 4 fully saturated rings. The maximum Gasteiger partial charge on any atom is 0.319 e. The van der Waals surface area contributed by atoms with Crippen LogP contribution in [0.4, 0.5) is 10.5 Å². The summed E-state index contributed by atoms with van der Waals surface area (Å²) in [4.78, 5) is 12.4. The second kappa shape index (κ2) is 5.70. The van der Waals surface area contributed by atoms with E-state index in [2.05, 4.69) is 17.6 Å². The van der Waals surface area contributed by atoms with Crippen LogP contribution in [0.3, 0.4) is 0 Å². The largest absolute Gasteiger partial charge is 0.335 e. The Bertz CT molecular complexity index is 580. The fourth-order valence-corrected chi connectivity index (χ4v) is 5.98. The number of anilines is 1. The molecule has 4 aliphatic rings. The van der Waals surface area contributed by atoms with Gasteiger partial charge in [-0.25, -0.2) is 4.79 Å². The van der Waals surface area contributed by atoms with Crippen LogP contribution in [0.15, 0.2) is 24.3 Å².